The quantitative estimate of drug-likeness (QED) is 0.612. The molecule has 0 radical (unpaired) electrons. The zero-order valence-corrected chi connectivity index (χ0v) is 16.9. The summed E-state index contributed by atoms with van der Waals surface area (Å²) >= 11 is 1.84. The number of nitrogens with two attached hydrogens (primary N) is 1. The van der Waals surface area contributed by atoms with E-state index in [1.165, 1.54) is 35.1 Å². The van der Waals surface area contributed by atoms with E-state index in [0.29, 0.717) is 0 Å². The van der Waals surface area contributed by atoms with Crippen LogP contribution in [0.1, 0.15) is 50.0 Å². The minimum atomic E-state index is -0.133. The molecule has 3 heterocycles. The molecule has 142 valence electrons. The van der Waals surface area contributed by atoms with Crippen LogP contribution in [0.4, 0.5) is 5.82 Å². The van der Waals surface area contributed by atoms with Crippen molar-refractivity contribution in [3.8, 4) is 11.4 Å². The Hall–Kier alpha value is -2.05. The number of hydrogen-bond acceptors (Lipinski definition) is 6. The van der Waals surface area contributed by atoms with Crippen molar-refractivity contribution in [2.45, 2.75) is 57.9 Å². The fourth-order valence-corrected chi connectivity index (χ4v) is 4.93. The Kier molecular flexibility index (Phi) is 5.10. The first-order valence-electron chi connectivity index (χ1n) is 9.77. The number of hydrogen-bond donors (Lipinski definition) is 2. The van der Waals surface area contributed by atoms with Crippen LogP contribution in [0.3, 0.4) is 0 Å². The largest absolute Gasteiger partial charge is 0.369 e. The predicted octanol–water partition coefficient (Wildman–Crippen LogP) is 4.56. The smallest absolute Gasteiger partial charge is 0.163 e. The van der Waals surface area contributed by atoms with Crippen molar-refractivity contribution < 1.29 is 0 Å². The highest BCUT2D eigenvalue weighted by Crippen LogP contribution is 2.39. The molecular formula is C21H27N5S. The van der Waals surface area contributed by atoms with Gasteiger partial charge in [0.15, 0.2) is 5.82 Å². The molecule has 0 atom stereocenters. The Balaban J connectivity index is 1.70. The highest BCUT2D eigenvalue weighted by molar-refractivity contribution is 7.19. The zero-order chi connectivity index (χ0) is 18.9. The molecule has 0 unspecified atom stereocenters. The number of rotatable bonds is 6. The fourth-order valence-electron chi connectivity index (χ4n) is 3.67. The highest BCUT2D eigenvalue weighted by atomic mass is 32.1. The van der Waals surface area contributed by atoms with E-state index >= 15 is 0 Å². The van der Waals surface area contributed by atoms with Crippen molar-refractivity contribution >= 4 is 27.4 Å². The molecule has 3 aromatic heterocycles. The van der Waals surface area contributed by atoms with Gasteiger partial charge in [0.25, 0.3) is 0 Å². The van der Waals surface area contributed by atoms with Crippen LogP contribution < -0.4 is 11.1 Å². The van der Waals surface area contributed by atoms with Gasteiger partial charge < -0.3 is 11.1 Å². The van der Waals surface area contributed by atoms with Gasteiger partial charge in [-0.3, -0.25) is 4.98 Å². The van der Waals surface area contributed by atoms with Crippen molar-refractivity contribution in [1.29, 1.82) is 0 Å². The molecule has 0 saturated heterocycles. The monoisotopic (exact) mass is 381 g/mol. The van der Waals surface area contributed by atoms with Gasteiger partial charge in [0, 0.05) is 34.9 Å². The Labute approximate surface area is 164 Å². The molecule has 0 fully saturated rings. The highest BCUT2D eigenvalue weighted by Gasteiger charge is 2.21. The number of thiophene rings is 1. The molecule has 5 nitrogen and oxygen atoms in total. The van der Waals surface area contributed by atoms with Crippen molar-refractivity contribution in [2.24, 2.45) is 5.73 Å². The summed E-state index contributed by atoms with van der Waals surface area (Å²) in [4.78, 5) is 16.5. The Morgan fingerprint density at radius 2 is 1.93 bits per heavy atom. The number of aromatic nitrogens is 3. The summed E-state index contributed by atoms with van der Waals surface area (Å²) in [6, 6.07) is 3.94. The van der Waals surface area contributed by atoms with Gasteiger partial charge in [-0.1, -0.05) is 0 Å². The summed E-state index contributed by atoms with van der Waals surface area (Å²) in [5.74, 6) is 1.74. The summed E-state index contributed by atoms with van der Waals surface area (Å²) in [6.07, 6.45) is 10.4. The molecule has 27 heavy (non-hydrogen) atoms. The lowest BCUT2D eigenvalue weighted by molar-refractivity contribution is 0.465. The molecule has 0 spiro atoms. The predicted molar refractivity (Wildman–Crippen MR) is 113 cm³/mol. The van der Waals surface area contributed by atoms with Crippen LogP contribution in [-0.2, 0) is 12.8 Å². The molecule has 0 saturated carbocycles. The normalized spacial score (nSPS) is 14.3. The van der Waals surface area contributed by atoms with Gasteiger partial charge >= 0.3 is 0 Å². The van der Waals surface area contributed by atoms with E-state index < -0.39 is 0 Å². The zero-order valence-electron chi connectivity index (χ0n) is 16.1. The molecule has 1 aliphatic carbocycles. The second-order valence-corrected chi connectivity index (χ2v) is 9.13. The first kappa shape index (κ1) is 18.3. The molecule has 6 heteroatoms. The minimum Gasteiger partial charge on any atom is -0.369 e. The molecule has 3 aromatic rings. The van der Waals surface area contributed by atoms with E-state index in [9.17, 15) is 0 Å². The molecule has 0 amide bonds. The van der Waals surface area contributed by atoms with E-state index in [0.717, 1.165) is 47.8 Å². The second-order valence-electron chi connectivity index (χ2n) is 8.04. The molecular weight excluding hydrogens is 354 g/mol. The van der Waals surface area contributed by atoms with Gasteiger partial charge in [-0.2, -0.15) is 0 Å². The third-order valence-electron chi connectivity index (χ3n) is 5.04. The van der Waals surface area contributed by atoms with E-state index in [2.05, 4.69) is 24.1 Å². The van der Waals surface area contributed by atoms with Crippen molar-refractivity contribution in [2.75, 3.05) is 11.9 Å². The summed E-state index contributed by atoms with van der Waals surface area (Å²) in [6.45, 7) is 5.02. The van der Waals surface area contributed by atoms with E-state index in [1.54, 1.807) is 12.4 Å². The van der Waals surface area contributed by atoms with Crippen LogP contribution in [0.25, 0.3) is 21.6 Å². The number of aryl methyl sites for hydroxylation is 2. The molecule has 0 bridgehead atoms. The third kappa shape index (κ3) is 4.12. The third-order valence-corrected chi connectivity index (χ3v) is 6.23. The van der Waals surface area contributed by atoms with Gasteiger partial charge in [0.2, 0.25) is 0 Å². The standard InChI is InChI=1S/C21H27N5S/c1-21(2,22)10-5-11-24-19-17-15-6-3-4-7-16(15)27-20(17)26-18(25-19)14-8-12-23-13-9-14/h8-9,12-13H,3-7,10-11,22H2,1-2H3,(H,24,25,26). The molecule has 1 aliphatic rings. The van der Waals surface area contributed by atoms with Crippen LogP contribution in [0.5, 0.6) is 0 Å². The average Bonchev–Trinajstić information content (AvgIpc) is 3.03. The lowest BCUT2D eigenvalue weighted by Crippen LogP contribution is -2.32. The van der Waals surface area contributed by atoms with Crippen molar-refractivity contribution in [1.82, 2.24) is 15.0 Å². The van der Waals surface area contributed by atoms with Crippen LogP contribution >= 0.6 is 11.3 Å². The number of nitrogens with one attached hydrogen (secondary N) is 1. The van der Waals surface area contributed by atoms with Crippen LogP contribution in [0.15, 0.2) is 24.5 Å². The maximum atomic E-state index is 6.12. The second kappa shape index (κ2) is 7.52. The first-order valence-corrected chi connectivity index (χ1v) is 10.6. The Bertz CT molecular complexity index is 927. The Morgan fingerprint density at radius 1 is 1.15 bits per heavy atom. The SMILES string of the molecule is CC(C)(N)CCCNc1nc(-c2ccncc2)nc2sc3c(c12)CCCC3. The van der Waals surface area contributed by atoms with Crippen LogP contribution in [-0.4, -0.2) is 27.0 Å². The number of pyridine rings is 1. The summed E-state index contributed by atoms with van der Waals surface area (Å²) in [5.41, 5.74) is 8.46. The van der Waals surface area contributed by atoms with Gasteiger partial charge in [-0.05, 0) is 70.1 Å². The maximum absolute atomic E-state index is 6.12. The maximum Gasteiger partial charge on any atom is 0.163 e. The lowest BCUT2D eigenvalue weighted by atomic mass is 9.97. The van der Waals surface area contributed by atoms with E-state index in [4.69, 9.17) is 15.7 Å². The van der Waals surface area contributed by atoms with Crippen LogP contribution in [0.2, 0.25) is 0 Å². The average molecular weight is 382 g/mol. The molecule has 0 aliphatic heterocycles. The summed E-state index contributed by atoms with van der Waals surface area (Å²) in [5, 5.41) is 4.83. The Morgan fingerprint density at radius 3 is 2.70 bits per heavy atom. The van der Waals surface area contributed by atoms with Crippen LogP contribution in [0, 0.1) is 0 Å². The molecule has 3 N–H and O–H groups in total. The van der Waals surface area contributed by atoms with Crippen molar-refractivity contribution in [3.63, 3.8) is 0 Å². The molecule has 0 aromatic carbocycles. The summed E-state index contributed by atoms with van der Waals surface area (Å²) < 4.78 is 0. The van der Waals surface area contributed by atoms with Crippen molar-refractivity contribution in [3.05, 3.63) is 35.0 Å². The minimum absolute atomic E-state index is 0.133. The fraction of sp³-hybridized carbons (Fsp3) is 0.476. The van der Waals surface area contributed by atoms with Gasteiger partial charge in [-0.25, -0.2) is 9.97 Å². The van der Waals surface area contributed by atoms with E-state index in [1.807, 2.05) is 23.5 Å². The number of anilines is 1. The van der Waals surface area contributed by atoms with Gasteiger partial charge in [-0.15, -0.1) is 11.3 Å². The van der Waals surface area contributed by atoms with Gasteiger partial charge in [0.1, 0.15) is 10.6 Å². The van der Waals surface area contributed by atoms with E-state index in [-0.39, 0.29) is 5.54 Å². The number of nitrogens with zero attached hydrogens (tertiary/aromatic N) is 3. The topological polar surface area (TPSA) is 76.7 Å². The number of fused-ring (bicyclic) bond motifs is 3. The molecule has 4 rings (SSSR count). The summed E-state index contributed by atoms with van der Waals surface area (Å²) in [7, 11) is 0. The lowest BCUT2D eigenvalue weighted by Gasteiger charge is -2.18. The first-order chi connectivity index (χ1) is 13.0. The van der Waals surface area contributed by atoms with Gasteiger partial charge in [0.05, 0.1) is 5.39 Å².